The van der Waals surface area contributed by atoms with E-state index in [-0.39, 0.29) is 17.7 Å². The van der Waals surface area contributed by atoms with Gasteiger partial charge in [0.05, 0.1) is 0 Å². The molecule has 0 radical (unpaired) electrons. The van der Waals surface area contributed by atoms with Crippen molar-refractivity contribution >= 4 is 17.5 Å². The predicted molar refractivity (Wildman–Crippen MR) is 104 cm³/mol. The van der Waals surface area contributed by atoms with Crippen LogP contribution in [-0.2, 0) is 11.2 Å². The first-order chi connectivity index (χ1) is 12.4. The van der Waals surface area contributed by atoms with Gasteiger partial charge in [0.1, 0.15) is 0 Å². The predicted octanol–water partition coefficient (Wildman–Crippen LogP) is 3.93. The highest BCUT2D eigenvalue weighted by Gasteiger charge is 2.29. The van der Waals surface area contributed by atoms with Crippen LogP contribution in [0.1, 0.15) is 45.5 Å². The second kappa shape index (κ2) is 7.73. The van der Waals surface area contributed by atoms with E-state index in [4.69, 9.17) is 0 Å². The molecule has 0 spiro atoms. The maximum atomic E-state index is 12.4. The van der Waals surface area contributed by atoms with Crippen molar-refractivity contribution in [1.29, 1.82) is 0 Å². The van der Waals surface area contributed by atoms with E-state index in [2.05, 4.69) is 43.5 Å². The third-order valence-corrected chi connectivity index (χ3v) is 4.84. The molecule has 2 N–H and O–H groups in total. The van der Waals surface area contributed by atoms with Gasteiger partial charge in [0.15, 0.2) is 0 Å². The van der Waals surface area contributed by atoms with Gasteiger partial charge in [0.2, 0.25) is 5.91 Å². The van der Waals surface area contributed by atoms with E-state index in [1.165, 1.54) is 22.3 Å². The zero-order valence-corrected chi connectivity index (χ0v) is 15.7. The Morgan fingerprint density at radius 3 is 2.38 bits per heavy atom. The van der Waals surface area contributed by atoms with Gasteiger partial charge in [0.25, 0.3) is 5.91 Å². The van der Waals surface area contributed by atoms with Crippen LogP contribution in [-0.4, -0.2) is 18.4 Å². The highest BCUT2D eigenvalue weighted by Crippen LogP contribution is 2.30. The first-order valence-electron chi connectivity index (χ1n) is 9.20. The lowest BCUT2D eigenvalue weighted by Crippen LogP contribution is -2.26. The molecule has 0 bridgehead atoms. The van der Waals surface area contributed by atoms with Crippen LogP contribution in [0.5, 0.6) is 0 Å². The lowest BCUT2D eigenvalue weighted by molar-refractivity contribution is -0.117. The summed E-state index contributed by atoms with van der Waals surface area (Å²) in [6, 6.07) is 11.5. The molecule has 1 fully saturated rings. The summed E-state index contributed by atoms with van der Waals surface area (Å²) >= 11 is 0. The third-order valence-electron chi connectivity index (χ3n) is 4.84. The molecule has 0 heterocycles. The zero-order chi connectivity index (χ0) is 18.7. The molecule has 2 aromatic carbocycles. The number of amides is 2. The van der Waals surface area contributed by atoms with Gasteiger partial charge in [0, 0.05) is 23.7 Å². The summed E-state index contributed by atoms with van der Waals surface area (Å²) in [6.07, 6.45) is 2.73. The minimum atomic E-state index is -0.116. The van der Waals surface area contributed by atoms with Gasteiger partial charge in [-0.25, -0.2) is 0 Å². The molecule has 4 nitrogen and oxygen atoms in total. The van der Waals surface area contributed by atoms with Gasteiger partial charge in [-0.3, -0.25) is 9.59 Å². The van der Waals surface area contributed by atoms with Crippen LogP contribution >= 0.6 is 0 Å². The lowest BCUT2D eigenvalue weighted by atomic mass is 9.97. The standard InChI is InChI=1S/C22H26N2O2/c1-14-11-15(2)20(16(3)12-14)9-10-23-21(25)18-5-4-6-19(13-18)24-22(26)17-7-8-17/h4-6,11-13,17H,7-10H2,1-3H3,(H,23,25)(H,24,26). The maximum Gasteiger partial charge on any atom is 0.251 e. The van der Waals surface area contributed by atoms with Gasteiger partial charge in [-0.2, -0.15) is 0 Å². The first-order valence-corrected chi connectivity index (χ1v) is 9.20. The summed E-state index contributed by atoms with van der Waals surface area (Å²) in [5, 5.41) is 5.86. The fraction of sp³-hybridized carbons (Fsp3) is 0.364. The summed E-state index contributed by atoms with van der Waals surface area (Å²) in [7, 11) is 0. The van der Waals surface area contributed by atoms with Crippen molar-refractivity contribution in [2.45, 2.75) is 40.0 Å². The molecule has 0 saturated heterocycles. The second-order valence-corrected chi connectivity index (χ2v) is 7.23. The molecule has 2 amide bonds. The molecule has 0 aliphatic heterocycles. The second-order valence-electron chi connectivity index (χ2n) is 7.23. The molecule has 1 aliphatic carbocycles. The minimum absolute atomic E-state index is 0.0490. The highest BCUT2D eigenvalue weighted by atomic mass is 16.2. The molecule has 0 atom stereocenters. The number of hydrogen-bond acceptors (Lipinski definition) is 2. The fourth-order valence-electron chi connectivity index (χ4n) is 3.34. The zero-order valence-electron chi connectivity index (χ0n) is 15.7. The van der Waals surface area contributed by atoms with Crippen molar-refractivity contribution in [3.63, 3.8) is 0 Å². The molecule has 0 unspecified atom stereocenters. The summed E-state index contributed by atoms with van der Waals surface area (Å²) in [6.45, 7) is 6.91. The Kier molecular flexibility index (Phi) is 5.40. The Labute approximate surface area is 155 Å². The van der Waals surface area contributed by atoms with Gasteiger partial charge in [-0.1, -0.05) is 23.8 Å². The largest absolute Gasteiger partial charge is 0.352 e. The smallest absolute Gasteiger partial charge is 0.251 e. The van der Waals surface area contributed by atoms with E-state index in [9.17, 15) is 9.59 Å². The van der Waals surface area contributed by atoms with E-state index in [1.807, 2.05) is 6.07 Å². The van der Waals surface area contributed by atoms with Gasteiger partial charge in [-0.05, 0) is 74.9 Å². The highest BCUT2D eigenvalue weighted by molar-refractivity contribution is 5.98. The van der Waals surface area contributed by atoms with Gasteiger partial charge < -0.3 is 10.6 Å². The van der Waals surface area contributed by atoms with E-state index in [0.717, 1.165) is 19.3 Å². The molecule has 2 aromatic rings. The monoisotopic (exact) mass is 350 g/mol. The van der Waals surface area contributed by atoms with Gasteiger partial charge in [-0.15, -0.1) is 0 Å². The normalized spacial score (nSPS) is 13.3. The number of benzene rings is 2. The topological polar surface area (TPSA) is 58.2 Å². The Hall–Kier alpha value is -2.62. The summed E-state index contributed by atoms with van der Waals surface area (Å²) in [5.74, 6) is 0.0799. The minimum Gasteiger partial charge on any atom is -0.352 e. The third kappa shape index (κ3) is 4.51. The maximum absolute atomic E-state index is 12.4. The quantitative estimate of drug-likeness (QED) is 0.829. The van der Waals surface area contributed by atoms with Crippen molar-refractivity contribution in [1.82, 2.24) is 5.32 Å². The van der Waals surface area contributed by atoms with Crippen molar-refractivity contribution in [2.75, 3.05) is 11.9 Å². The number of rotatable bonds is 6. The van der Waals surface area contributed by atoms with Crippen LogP contribution in [0.25, 0.3) is 0 Å². The molecule has 1 saturated carbocycles. The van der Waals surface area contributed by atoms with Crippen LogP contribution in [0.4, 0.5) is 5.69 Å². The van der Waals surface area contributed by atoms with Crippen molar-refractivity contribution < 1.29 is 9.59 Å². The molecule has 26 heavy (non-hydrogen) atoms. The number of hydrogen-bond donors (Lipinski definition) is 2. The Morgan fingerprint density at radius 1 is 1.04 bits per heavy atom. The van der Waals surface area contributed by atoms with E-state index < -0.39 is 0 Å². The number of nitrogens with one attached hydrogen (secondary N) is 2. The van der Waals surface area contributed by atoms with Crippen molar-refractivity contribution in [2.24, 2.45) is 5.92 Å². The van der Waals surface area contributed by atoms with E-state index >= 15 is 0 Å². The molecular formula is C22H26N2O2. The van der Waals surface area contributed by atoms with E-state index in [0.29, 0.717) is 17.8 Å². The number of aryl methyl sites for hydroxylation is 3. The number of anilines is 1. The number of carbonyl (C=O) groups excluding carboxylic acids is 2. The average molecular weight is 350 g/mol. The number of carbonyl (C=O) groups is 2. The van der Waals surface area contributed by atoms with Crippen LogP contribution in [0, 0.1) is 26.7 Å². The fourth-order valence-corrected chi connectivity index (χ4v) is 3.34. The van der Waals surface area contributed by atoms with Crippen LogP contribution < -0.4 is 10.6 Å². The molecular weight excluding hydrogens is 324 g/mol. The van der Waals surface area contributed by atoms with Crippen molar-refractivity contribution in [3.8, 4) is 0 Å². The summed E-state index contributed by atoms with van der Waals surface area (Å²) in [4.78, 5) is 24.3. The molecule has 3 rings (SSSR count). The van der Waals surface area contributed by atoms with Crippen LogP contribution in [0.3, 0.4) is 0 Å². The molecule has 4 heteroatoms. The molecule has 136 valence electrons. The van der Waals surface area contributed by atoms with Crippen molar-refractivity contribution in [3.05, 3.63) is 64.2 Å². The molecule has 0 aromatic heterocycles. The first kappa shape index (κ1) is 18.2. The SMILES string of the molecule is Cc1cc(C)c(CCNC(=O)c2cccc(NC(=O)C3CC3)c2)c(C)c1. The van der Waals surface area contributed by atoms with E-state index in [1.54, 1.807) is 18.2 Å². The Bertz CT molecular complexity index is 815. The van der Waals surface area contributed by atoms with Gasteiger partial charge >= 0.3 is 0 Å². The Balaban J connectivity index is 1.57. The summed E-state index contributed by atoms with van der Waals surface area (Å²) < 4.78 is 0. The van der Waals surface area contributed by atoms with Crippen LogP contribution in [0.15, 0.2) is 36.4 Å². The van der Waals surface area contributed by atoms with Crippen LogP contribution in [0.2, 0.25) is 0 Å². The summed E-state index contributed by atoms with van der Waals surface area (Å²) in [5.41, 5.74) is 6.33. The average Bonchev–Trinajstić information content (AvgIpc) is 3.42. The molecule has 1 aliphatic rings. The Morgan fingerprint density at radius 2 is 1.73 bits per heavy atom. The lowest BCUT2D eigenvalue weighted by Gasteiger charge is -2.12.